The van der Waals surface area contributed by atoms with Gasteiger partial charge in [0.2, 0.25) is 0 Å². The third kappa shape index (κ3) is 4.53. The summed E-state index contributed by atoms with van der Waals surface area (Å²) < 4.78 is 66.5. The van der Waals surface area contributed by atoms with Crippen LogP contribution in [0.5, 0.6) is 5.75 Å². The number of benzene rings is 1. The van der Waals surface area contributed by atoms with Crippen LogP contribution in [-0.2, 0) is 0 Å². The fraction of sp³-hybridized carbons (Fsp3) is 0.538. The predicted molar refractivity (Wildman–Crippen MR) is 66.3 cm³/mol. The van der Waals surface area contributed by atoms with E-state index in [-0.39, 0.29) is 5.56 Å². The number of hydrogen-bond donors (Lipinski definition) is 1. The molecule has 0 radical (unpaired) electrons. The van der Waals surface area contributed by atoms with Crippen molar-refractivity contribution in [3.63, 3.8) is 0 Å². The topological polar surface area (TPSA) is 24.5 Å². The smallest absolute Gasteiger partial charge is 0.406 e. The molecular formula is C13H15F5N2O. The van der Waals surface area contributed by atoms with Crippen molar-refractivity contribution in [2.45, 2.75) is 18.8 Å². The van der Waals surface area contributed by atoms with Gasteiger partial charge in [-0.25, -0.2) is 8.78 Å². The van der Waals surface area contributed by atoms with E-state index in [4.69, 9.17) is 0 Å². The first-order valence-corrected chi connectivity index (χ1v) is 6.45. The zero-order chi connectivity index (χ0) is 15.5. The number of alkyl halides is 5. The molecule has 8 heteroatoms. The Kier molecular flexibility index (Phi) is 5.00. The van der Waals surface area contributed by atoms with Crippen LogP contribution in [0.3, 0.4) is 0 Å². The van der Waals surface area contributed by atoms with Gasteiger partial charge in [0.1, 0.15) is 5.75 Å². The lowest BCUT2D eigenvalue weighted by molar-refractivity contribution is -0.274. The van der Waals surface area contributed by atoms with Gasteiger partial charge in [0.05, 0.1) is 6.04 Å². The molecule has 0 aromatic heterocycles. The lowest BCUT2D eigenvalue weighted by Crippen LogP contribution is -2.46. The normalized spacial score (nSPS) is 18.8. The maximum Gasteiger partial charge on any atom is 0.573 e. The fourth-order valence-electron chi connectivity index (χ4n) is 2.34. The second kappa shape index (κ2) is 6.57. The molecule has 0 saturated carbocycles. The molecule has 1 heterocycles. The van der Waals surface area contributed by atoms with Crippen LogP contribution in [0, 0.1) is 0 Å². The molecule has 21 heavy (non-hydrogen) atoms. The third-order valence-electron chi connectivity index (χ3n) is 3.24. The van der Waals surface area contributed by atoms with E-state index < -0.39 is 24.6 Å². The van der Waals surface area contributed by atoms with E-state index in [9.17, 15) is 22.0 Å². The molecule has 0 bridgehead atoms. The molecule has 3 nitrogen and oxygen atoms in total. The second-order valence-corrected chi connectivity index (χ2v) is 4.68. The highest BCUT2D eigenvalue weighted by atomic mass is 19.4. The summed E-state index contributed by atoms with van der Waals surface area (Å²) in [7, 11) is 0. The van der Waals surface area contributed by atoms with Crippen LogP contribution in [0.1, 0.15) is 11.6 Å². The molecular weight excluding hydrogens is 295 g/mol. The van der Waals surface area contributed by atoms with Gasteiger partial charge in [0.25, 0.3) is 6.43 Å². The molecule has 1 aliphatic rings. The van der Waals surface area contributed by atoms with Crippen LogP contribution in [0.15, 0.2) is 24.3 Å². The Morgan fingerprint density at radius 2 is 1.62 bits per heavy atom. The first kappa shape index (κ1) is 16.0. The number of piperazine rings is 1. The largest absolute Gasteiger partial charge is 0.573 e. The molecule has 1 fully saturated rings. The summed E-state index contributed by atoms with van der Waals surface area (Å²) in [4.78, 5) is 1.63. The van der Waals surface area contributed by atoms with Crippen molar-refractivity contribution in [1.82, 2.24) is 10.2 Å². The maximum absolute atomic E-state index is 13.3. The number of nitrogens with zero attached hydrogens (tertiary/aromatic N) is 1. The van der Waals surface area contributed by atoms with Crippen molar-refractivity contribution in [1.29, 1.82) is 0 Å². The monoisotopic (exact) mass is 310 g/mol. The summed E-state index contributed by atoms with van der Waals surface area (Å²) in [6.45, 7) is 2.16. The molecule has 1 N–H and O–H groups in total. The summed E-state index contributed by atoms with van der Waals surface area (Å²) in [5.41, 5.74) is 0.279. The number of ether oxygens (including phenoxy) is 1. The molecule has 0 unspecified atom stereocenters. The minimum atomic E-state index is -4.79. The van der Waals surface area contributed by atoms with Crippen molar-refractivity contribution in [3.8, 4) is 5.75 Å². The van der Waals surface area contributed by atoms with Crippen molar-refractivity contribution in [2.75, 3.05) is 26.2 Å². The first-order valence-electron chi connectivity index (χ1n) is 6.45. The van der Waals surface area contributed by atoms with Crippen molar-refractivity contribution in [3.05, 3.63) is 29.8 Å². The first-order chi connectivity index (χ1) is 9.87. The summed E-state index contributed by atoms with van der Waals surface area (Å²) in [5.74, 6) is -0.417. The van der Waals surface area contributed by atoms with Crippen molar-refractivity contribution in [2.24, 2.45) is 0 Å². The Morgan fingerprint density at radius 1 is 1.05 bits per heavy atom. The zero-order valence-electron chi connectivity index (χ0n) is 11.0. The molecule has 1 aromatic carbocycles. The van der Waals surface area contributed by atoms with Crippen molar-refractivity contribution < 1.29 is 26.7 Å². The van der Waals surface area contributed by atoms with E-state index in [1.807, 2.05) is 0 Å². The van der Waals surface area contributed by atoms with Gasteiger partial charge in [-0.1, -0.05) is 12.1 Å². The summed E-state index contributed by atoms with van der Waals surface area (Å²) in [6, 6.07) is 3.49. The molecule has 118 valence electrons. The summed E-state index contributed by atoms with van der Waals surface area (Å²) >= 11 is 0. The van der Waals surface area contributed by atoms with Crippen LogP contribution < -0.4 is 10.1 Å². The minimum absolute atomic E-state index is 0.279. The highest BCUT2D eigenvalue weighted by Gasteiger charge is 2.32. The van der Waals surface area contributed by atoms with E-state index in [2.05, 4.69) is 10.1 Å². The molecule has 1 aliphatic heterocycles. The Hall–Kier alpha value is -1.41. The predicted octanol–water partition coefficient (Wildman–Crippen LogP) is 2.80. The summed E-state index contributed by atoms with van der Waals surface area (Å²) in [5, 5.41) is 3.06. The van der Waals surface area contributed by atoms with E-state index in [1.54, 1.807) is 4.90 Å². The number of nitrogens with one attached hydrogen (secondary N) is 1. The molecule has 0 aliphatic carbocycles. The Labute approximate surface area is 118 Å². The minimum Gasteiger partial charge on any atom is -0.406 e. The van der Waals surface area contributed by atoms with Crippen LogP contribution in [0.2, 0.25) is 0 Å². The Balaban J connectivity index is 2.13. The quantitative estimate of drug-likeness (QED) is 0.866. The Morgan fingerprint density at radius 3 is 2.10 bits per heavy atom. The van der Waals surface area contributed by atoms with E-state index in [1.165, 1.54) is 12.1 Å². The van der Waals surface area contributed by atoms with Crippen LogP contribution in [-0.4, -0.2) is 43.9 Å². The lowest BCUT2D eigenvalue weighted by atomic mass is 10.0. The van der Waals surface area contributed by atoms with E-state index >= 15 is 0 Å². The second-order valence-electron chi connectivity index (χ2n) is 4.68. The maximum atomic E-state index is 13.3. The molecule has 0 spiro atoms. The van der Waals surface area contributed by atoms with Gasteiger partial charge >= 0.3 is 6.36 Å². The van der Waals surface area contributed by atoms with E-state index in [0.29, 0.717) is 26.2 Å². The highest BCUT2D eigenvalue weighted by molar-refractivity contribution is 5.29. The molecule has 1 atom stereocenters. The lowest BCUT2D eigenvalue weighted by Gasteiger charge is -2.34. The zero-order valence-corrected chi connectivity index (χ0v) is 11.0. The number of rotatable bonds is 4. The average Bonchev–Trinajstić information content (AvgIpc) is 2.40. The molecule has 1 aromatic rings. The van der Waals surface area contributed by atoms with Gasteiger partial charge in [-0.2, -0.15) is 0 Å². The Bertz CT molecular complexity index is 443. The van der Waals surface area contributed by atoms with Crippen LogP contribution in [0.4, 0.5) is 22.0 Å². The van der Waals surface area contributed by atoms with Crippen molar-refractivity contribution >= 4 is 0 Å². The highest BCUT2D eigenvalue weighted by Crippen LogP contribution is 2.30. The van der Waals surface area contributed by atoms with Gasteiger partial charge in [0, 0.05) is 26.2 Å². The SMILES string of the molecule is FC(F)[C@H](c1ccc(OC(F)(F)F)cc1)N1CCNCC1. The molecule has 1 saturated heterocycles. The standard InChI is InChI=1S/C13H15F5N2O/c14-12(15)11(20-7-5-19-6-8-20)9-1-3-10(4-2-9)21-13(16,17)18/h1-4,11-12,19H,5-8H2/t11-/m0/s1. The van der Waals surface area contributed by atoms with Gasteiger partial charge in [-0.05, 0) is 17.7 Å². The van der Waals surface area contributed by atoms with E-state index in [0.717, 1.165) is 12.1 Å². The number of halogens is 5. The van der Waals surface area contributed by atoms with Gasteiger partial charge < -0.3 is 10.1 Å². The third-order valence-corrected chi connectivity index (χ3v) is 3.24. The number of hydrogen-bond acceptors (Lipinski definition) is 3. The van der Waals surface area contributed by atoms with Crippen LogP contribution in [0.25, 0.3) is 0 Å². The fourth-order valence-corrected chi connectivity index (χ4v) is 2.34. The molecule has 0 amide bonds. The van der Waals surface area contributed by atoms with Gasteiger partial charge in [-0.15, -0.1) is 13.2 Å². The van der Waals surface area contributed by atoms with Crippen LogP contribution >= 0.6 is 0 Å². The van der Waals surface area contributed by atoms with Gasteiger partial charge in [0.15, 0.2) is 0 Å². The summed E-state index contributed by atoms with van der Waals surface area (Å²) in [6.07, 6.45) is -7.40. The average molecular weight is 310 g/mol. The van der Waals surface area contributed by atoms with Gasteiger partial charge in [-0.3, -0.25) is 4.90 Å². The molecule has 2 rings (SSSR count).